The van der Waals surface area contributed by atoms with Gasteiger partial charge in [-0.2, -0.15) is 0 Å². The highest BCUT2D eigenvalue weighted by molar-refractivity contribution is 6.27. The van der Waals surface area contributed by atoms with Gasteiger partial charge in [0.25, 0.3) is 0 Å². The first-order valence-electron chi connectivity index (χ1n) is 11.4. The van der Waals surface area contributed by atoms with Crippen molar-refractivity contribution in [1.29, 1.82) is 0 Å². The topological polar surface area (TPSA) is 49.4 Å². The van der Waals surface area contributed by atoms with Gasteiger partial charge in [0.15, 0.2) is 0 Å². The van der Waals surface area contributed by atoms with Crippen LogP contribution in [0.1, 0.15) is 50.3 Å². The van der Waals surface area contributed by atoms with E-state index in [-0.39, 0.29) is 29.6 Å². The number of nitrogens with zero attached hydrogens (tertiary/aromatic N) is 1. The van der Waals surface area contributed by atoms with E-state index in [9.17, 15) is 14.0 Å². The van der Waals surface area contributed by atoms with Crippen LogP contribution in [0.5, 0.6) is 0 Å². The summed E-state index contributed by atoms with van der Waals surface area (Å²) in [5.41, 5.74) is 1.64. The Balaban J connectivity index is 1.88. The van der Waals surface area contributed by atoms with E-state index in [2.05, 4.69) is 19.2 Å². The lowest BCUT2D eigenvalue weighted by Crippen LogP contribution is -2.50. The Morgan fingerprint density at radius 2 is 1.78 bits per heavy atom. The van der Waals surface area contributed by atoms with Gasteiger partial charge in [-0.3, -0.25) is 9.59 Å². The van der Waals surface area contributed by atoms with Gasteiger partial charge in [-0.05, 0) is 47.9 Å². The monoisotopic (exact) mass is 458 g/mol. The van der Waals surface area contributed by atoms with E-state index in [4.69, 9.17) is 11.6 Å². The first-order valence-corrected chi connectivity index (χ1v) is 11.9. The van der Waals surface area contributed by atoms with Gasteiger partial charge in [0.05, 0.1) is 0 Å². The fourth-order valence-electron chi connectivity index (χ4n) is 4.53. The van der Waals surface area contributed by atoms with Crippen molar-refractivity contribution in [3.05, 3.63) is 71.5 Å². The second-order valence-corrected chi connectivity index (χ2v) is 9.06. The minimum Gasteiger partial charge on any atom is -0.351 e. The average molecular weight is 459 g/mol. The van der Waals surface area contributed by atoms with Crippen LogP contribution in [0, 0.1) is 17.7 Å². The molecule has 172 valence electrons. The third-order valence-corrected chi connectivity index (χ3v) is 6.93. The number of carbonyl (C=O) groups is 2. The Kier molecular flexibility index (Phi) is 8.68. The fourth-order valence-corrected chi connectivity index (χ4v) is 4.69. The summed E-state index contributed by atoms with van der Waals surface area (Å²) >= 11 is 5.94. The molecule has 0 bridgehead atoms. The lowest BCUT2D eigenvalue weighted by atomic mass is 9.78. The van der Waals surface area contributed by atoms with Crippen LogP contribution in [0.2, 0.25) is 0 Å². The zero-order valence-corrected chi connectivity index (χ0v) is 19.5. The second kappa shape index (κ2) is 11.5. The van der Waals surface area contributed by atoms with Gasteiger partial charge in [0, 0.05) is 12.6 Å². The number of amides is 2. The summed E-state index contributed by atoms with van der Waals surface area (Å²) in [6.45, 7) is 4.71. The van der Waals surface area contributed by atoms with Crippen molar-refractivity contribution in [2.75, 3.05) is 12.4 Å². The molecule has 1 aliphatic rings. The third-order valence-electron chi connectivity index (χ3n) is 6.70. The molecular formula is C26H32ClFN2O2. The van der Waals surface area contributed by atoms with Crippen LogP contribution in [0.15, 0.2) is 54.6 Å². The molecule has 2 aromatic rings. The maximum atomic E-state index is 13.6. The molecule has 3 rings (SSSR count). The molecule has 1 aliphatic carbocycles. The predicted octanol–water partition coefficient (Wildman–Crippen LogP) is 5.12. The molecule has 1 saturated carbocycles. The summed E-state index contributed by atoms with van der Waals surface area (Å²) in [6, 6.07) is 14.8. The molecular weight excluding hydrogens is 427 g/mol. The third kappa shape index (κ3) is 6.10. The normalized spacial score (nSPS) is 21.6. The molecule has 0 heterocycles. The maximum Gasteiger partial charge on any atom is 0.247 e. The smallest absolute Gasteiger partial charge is 0.247 e. The molecule has 32 heavy (non-hydrogen) atoms. The number of carbonyl (C=O) groups excluding carboxylic acids is 2. The molecule has 0 aliphatic heterocycles. The summed E-state index contributed by atoms with van der Waals surface area (Å²) in [5.74, 6) is -0.301. The molecule has 4 atom stereocenters. The van der Waals surface area contributed by atoms with Gasteiger partial charge in [0.2, 0.25) is 11.8 Å². The van der Waals surface area contributed by atoms with Gasteiger partial charge in [0.1, 0.15) is 17.7 Å². The maximum absolute atomic E-state index is 13.6. The minimum absolute atomic E-state index is 0.0521. The number of hydrogen-bond acceptors (Lipinski definition) is 2. The average Bonchev–Trinajstić information content (AvgIpc) is 2.80. The highest BCUT2D eigenvalue weighted by Crippen LogP contribution is 2.31. The molecule has 0 saturated heterocycles. The van der Waals surface area contributed by atoms with Crippen molar-refractivity contribution >= 4 is 23.4 Å². The predicted molar refractivity (Wildman–Crippen MR) is 126 cm³/mol. The van der Waals surface area contributed by atoms with Crippen LogP contribution in [0.25, 0.3) is 0 Å². The number of rotatable bonds is 8. The molecule has 4 nitrogen and oxygen atoms in total. The summed E-state index contributed by atoms with van der Waals surface area (Å²) in [5, 5.41) is 3.20. The zero-order chi connectivity index (χ0) is 23.1. The SMILES string of the molecule is CC1CCCC(NC(=O)C(c2ccc(F)cc2)N(CCc2ccccc2)C(=O)CCl)C1C. The van der Waals surface area contributed by atoms with E-state index in [1.807, 2.05) is 30.3 Å². The van der Waals surface area contributed by atoms with Crippen molar-refractivity contribution in [1.82, 2.24) is 10.2 Å². The highest BCUT2D eigenvalue weighted by atomic mass is 35.5. The van der Waals surface area contributed by atoms with Crippen LogP contribution in [-0.4, -0.2) is 35.2 Å². The first kappa shape index (κ1) is 24.2. The molecule has 1 fully saturated rings. The molecule has 2 aromatic carbocycles. The highest BCUT2D eigenvalue weighted by Gasteiger charge is 2.35. The summed E-state index contributed by atoms with van der Waals surface area (Å²) in [7, 11) is 0. The van der Waals surface area contributed by atoms with Gasteiger partial charge in [-0.25, -0.2) is 4.39 Å². The van der Waals surface area contributed by atoms with Gasteiger partial charge in [-0.1, -0.05) is 69.2 Å². The largest absolute Gasteiger partial charge is 0.351 e. The van der Waals surface area contributed by atoms with Gasteiger partial charge in [-0.15, -0.1) is 11.6 Å². The van der Waals surface area contributed by atoms with Crippen molar-refractivity contribution in [3.8, 4) is 0 Å². The molecule has 6 heteroatoms. The Labute approximate surface area is 195 Å². The van der Waals surface area contributed by atoms with Crippen LogP contribution in [0.4, 0.5) is 4.39 Å². The molecule has 0 spiro atoms. The van der Waals surface area contributed by atoms with Crippen molar-refractivity contribution in [2.24, 2.45) is 11.8 Å². The first-order chi connectivity index (χ1) is 15.4. The number of nitrogens with one attached hydrogen (secondary N) is 1. The van der Waals surface area contributed by atoms with E-state index in [1.54, 1.807) is 12.1 Å². The van der Waals surface area contributed by atoms with Gasteiger partial charge >= 0.3 is 0 Å². The Hall–Kier alpha value is -2.40. The van der Waals surface area contributed by atoms with Crippen LogP contribution in [0.3, 0.4) is 0 Å². The quantitative estimate of drug-likeness (QED) is 0.558. The lowest BCUT2D eigenvalue weighted by Gasteiger charge is -2.37. The van der Waals surface area contributed by atoms with Crippen molar-refractivity contribution in [3.63, 3.8) is 0 Å². The summed E-state index contributed by atoms with van der Waals surface area (Å²) in [6.07, 6.45) is 3.73. The molecule has 0 aromatic heterocycles. The van der Waals surface area contributed by atoms with Crippen molar-refractivity contribution < 1.29 is 14.0 Å². The van der Waals surface area contributed by atoms with Crippen molar-refractivity contribution in [2.45, 2.75) is 51.6 Å². The Morgan fingerprint density at radius 3 is 2.44 bits per heavy atom. The molecule has 1 N–H and O–H groups in total. The second-order valence-electron chi connectivity index (χ2n) is 8.79. The Bertz CT molecular complexity index is 890. The number of benzene rings is 2. The zero-order valence-electron chi connectivity index (χ0n) is 18.8. The fraction of sp³-hybridized carbons (Fsp3) is 0.462. The van der Waals surface area contributed by atoms with E-state index in [0.29, 0.717) is 30.4 Å². The number of hydrogen-bond donors (Lipinski definition) is 1. The standard InChI is InChI=1S/C26H32ClFN2O2/c1-18-7-6-10-23(19(18)2)29-26(32)25(21-11-13-22(28)14-12-21)30(24(31)17-27)16-15-20-8-4-3-5-9-20/h3-5,8-9,11-14,18-19,23,25H,6-7,10,15-17H2,1-2H3,(H,29,32). The number of halogens is 2. The summed E-state index contributed by atoms with van der Waals surface area (Å²) in [4.78, 5) is 28.0. The van der Waals surface area contributed by atoms with Gasteiger partial charge < -0.3 is 10.2 Å². The number of alkyl halides is 1. The Morgan fingerprint density at radius 1 is 1.09 bits per heavy atom. The molecule has 4 unspecified atom stereocenters. The van der Waals surface area contributed by atoms with Crippen LogP contribution in [-0.2, 0) is 16.0 Å². The summed E-state index contributed by atoms with van der Waals surface area (Å²) < 4.78 is 13.6. The van der Waals surface area contributed by atoms with Crippen LogP contribution < -0.4 is 5.32 Å². The molecule has 2 amide bonds. The van der Waals surface area contributed by atoms with E-state index in [0.717, 1.165) is 24.8 Å². The van der Waals surface area contributed by atoms with E-state index < -0.39 is 6.04 Å². The lowest BCUT2D eigenvalue weighted by molar-refractivity contribution is -0.139. The molecule has 0 radical (unpaired) electrons. The van der Waals surface area contributed by atoms with Crippen LogP contribution >= 0.6 is 11.6 Å². The minimum atomic E-state index is -0.866. The van der Waals surface area contributed by atoms with E-state index in [1.165, 1.54) is 17.0 Å². The van der Waals surface area contributed by atoms with E-state index >= 15 is 0 Å².